The average Bonchev–Trinajstić information content (AvgIpc) is 1.27. The van der Waals surface area contributed by atoms with Crippen LogP contribution in [0.25, 0.3) is 0 Å². The molecule has 0 atom stereocenters. The van der Waals surface area contributed by atoms with E-state index in [1.807, 2.05) is 0 Å². The molecular formula is C3H7O3V. The van der Waals surface area contributed by atoms with Crippen LogP contribution in [0.2, 0.25) is 0 Å². The SMILES string of the molecule is CC(C)[O][V](=[O])=[O]. The molecule has 0 spiro atoms. The fourth-order valence-electron chi connectivity index (χ4n) is 0.172. The molecule has 0 aromatic rings. The third-order valence-electron chi connectivity index (χ3n) is 0.297. The van der Waals surface area contributed by atoms with Crippen LogP contribution >= 0.6 is 0 Å². The van der Waals surface area contributed by atoms with Crippen LogP contribution in [0.4, 0.5) is 0 Å². The van der Waals surface area contributed by atoms with Gasteiger partial charge in [-0.25, -0.2) is 0 Å². The van der Waals surface area contributed by atoms with E-state index in [0.29, 0.717) is 0 Å². The molecule has 0 bridgehead atoms. The van der Waals surface area contributed by atoms with Gasteiger partial charge < -0.3 is 0 Å². The Kier molecular flexibility index (Phi) is 3.25. The summed E-state index contributed by atoms with van der Waals surface area (Å²) in [4.78, 5) is 0. The van der Waals surface area contributed by atoms with Crippen LogP contribution in [0.5, 0.6) is 0 Å². The molecule has 0 heterocycles. The molecule has 0 aliphatic heterocycles. The van der Waals surface area contributed by atoms with Gasteiger partial charge in [-0.05, 0) is 0 Å². The second kappa shape index (κ2) is 3.19. The van der Waals surface area contributed by atoms with Gasteiger partial charge in [-0.1, -0.05) is 0 Å². The first kappa shape index (κ1) is 7.14. The van der Waals surface area contributed by atoms with E-state index < -0.39 is 15.4 Å². The molecular weight excluding hydrogens is 135 g/mol. The Morgan fingerprint density at radius 2 is 1.86 bits per heavy atom. The first-order valence-electron chi connectivity index (χ1n) is 1.94. The zero-order valence-corrected chi connectivity index (χ0v) is 5.65. The number of rotatable bonds is 2. The molecule has 0 aliphatic carbocycles. The number of hydrogen-bond acceptors (Lipinski definition) is 3. The van der Waals surface area contributed by atoms with Crippen molar-refractivity contribution in [2.45, 2.75) is 20.0 Å². The van der Waals surface area contributed by atoms with Gasteiger partial charge >= 0.3 is 46.4 Å². The molecule has 0 saturated carbocycles. The fourth-order valence-corrected chi connectivity index (χ4v) is 0.710. The van der Waals surface area contributed by atoms with E-state index in [2.05, 4.69) is 3.66 Å². The quantitative estimate of drug-likeness (QED) is 0.568. The summed E-state index contributed by atoms with van der Waals surface area (Å²) in [5.41, 5.74) is 0. The van der Waals surface area contributed by atoms with Gasteiger partial charge in [0.05, 0.1) is 0 Å². The molecule has 0 N–H and O–H groups in total. The van der Waals surface area contributed by atoms with E-state index in [4.69, 9.17) is 0 Å². The van der Waals surface area contributed by atoms with Gasteiger partial charge in [-0.2, -0.15) is 0 Å². The molecule has 0 radical (unpaired) electrons. The Morgan fingerprint density at radius 3 is 1.86 bits per heavy atom. The van der Waals surface area contributed by atoms with Gasteiger partial charge in [0.2, 0.25) is 0 Å². The predicted molar refractivity (Wildman–Crippen MR) is 17.6 cm³/mol. The van der Waals surface area contributed by atoms with Crippen molar-refractivity contribution in [2.75, 3.05) is 0 Å². The summed E-state index contributed by atoms with van der Waals surface area (Å²) in [6.45, 7) is 3.36. The summed E-state index contributed by atoms with van der Waals surface area (Å²) in [5.74, 6) is 0. The van der Waals surface area contributed by atoms with E-state index in [0.717, 1.165) is 0 Å². The van der Waals surface area contributed by atoms with Gasteiger partial charge in [0, 0.05) is 0 Å². The Bertz CT molecular complexity index is 96.7. The summed E-state index contributed by atoms with van der Waals surface area (Å²) in [6, 6.07) is 0. The molecule has 3 nitrogen and oxygen atoms in total. The van der Waals surface area contributed by atoms with Gasteiger partial charge in [-0.15, -0.1) is 0 Å². The third-order valence-corrected chi connectivity index (χ3v) is 1.22. The van der Waals surface area contributed by atoms with Crippen molar-refractivity contribution >= 4 is 0 Å². The molecule has 0 aliphatic rings. The summed E-state index contributed by atoms with van der Waals surface area (Å²) < 4.78 is 23.7. The maximum atomic E-state index is 9.71. The van der Waals surface area contributed by atoms with E-state index in [1.54, 1.807) is 13.8 Å². The van der Waals surface area contributed by atoms with Crippen molar-refractivity contribution in [3.63, 3.8) is 0 Å². The summed E-state index contributed by atoms with van der Waals surface area (Å²) in [6.07, 6.45) is -0.185. The van der Waals surface area contributed by atoms with Crippen molar-refractivity contribution < 1.29 is 26.4 Å². The second-order valence-electron chi connectivity index (χ2n) is 1.38. The van der Waals surface area contributed by atoms with Gasteiger partial charge in [0.15, 0.2) is 0 Å². The molecule has 0 fully saturated rings. The van der Waals surface area contributed by atoms with Crippen molar-refractivity contribution in [3.05, 3.63) is 0 Å². The van der Waals surface area contributed by atoms with Crippen molar-refractivity contribution in [2.24, 2.45) is 0 Å². The molecule has 4 heteroatoms. The van der Waals surface area contributed by atoms with Crippen LogP contribution < -0.4 is 0 Å². The van der Waals surface area contributed by atoms with E-state index >= 15 is 0 Å². The van der Waals surface area contributed by atoms with Crippen molar-refractivity contribution in [1.82, 2.24) is 0 Å². The van der Waals surface area contributed by atoms with Gasteiger partial charge in [0.25, 0.3) is 0 Å². The molecule has 0 amide bonds. The van der Waals surface area contributed by atoms with Crippen LogP contribution in [0.1, 0.15) is 13.8 Å². The Hall–Kier alpha value is 0.144. The minimum atomic E-state index is -3.28. The molecule has 7 heavy (non-hydrogen) atoms. The molecule has 0 aromatic heterocycles. The third kappa shape index (κ3) is 6.14. The fraction of sp³-hybridized carbons (Fsp3) is 1.00. The average molecular weight is 142 g/mol. The van der Waals surface area contributed by atoms with Crippen LogP contribution in [0.3, 0.4) is 0 Å². The monoisotopic (exact) mass is 142 g/mol. The molecule has 0 aromatic carbocycles. The zero-order valence-electron chi connectivity index (χ0n) is 4.25. The van der Waals surface area contributed by atoms with Gasteiger partial charge in [0.1, 0.15) is 0 Å². The van der Waals surface area contributed by atoms with Gasteiger partial charge in [-0.3, -0.25) is 0 Å². The summed E-state index contributed by atoms with van der Waals surface area (Å²) in [5, 5.41) is 0. The van der Waals surface area contributed by atoms with E-state index in [1.165, 1.54) is 0 Å². The Labute approximate surface area is 47.0 Å². The van der Waals surface area contributed by atoms with Crippen LogP contribution in [0.15, 0.2) is 0 Å². The Balaban J connectivity index is 3.32. The molecule has 0 unspecified atom stereocenters. The molecule has 42 valence electrons. The summed E-state index contributed by atoms with van der Waals surface area (Å²) in [7, 11) is 0. The summed E-state index contributed by atoms with van der Waals surface area (Å²) >= 11 is -3.28. The zero-order chi connectivity index (χ0) is 5.86. The maximum absolute atomic E-state index is 9.71. The predicted octanol–water partition coefficient (Wildman–Crippen LogP) is 0.636. The van der Waals surface area contributed by atoms with Crippen molar-refractivity contribution in [1.29, 1.82) is 0 Å². The topological polar surface area (TPSA) is 43.4 Å². The number of hydrogen-bond donors (Lipinski definition) is 0. The molecule has 0 rings (SSSR count). The Morgan fingerprint density at radius 1 is 1.43 bits per heavy atom. The standard InChI is InChI=1S/C3H7O.2O.V/c1-3(2)4;;;/h3H,1-2H3;;;/q-1;;;+1. The molecule has 0 saturated heterocycles. The normalized spacial score (nSPS) is 9.57. The minimum absolute atomic E-state index is 0.185. The van der Waals surface area contributed by atoms with E-state index in [-0.39, 0.29) is 6.10 Å². The van der Waals surface area contributed by atoms with Crippen LogP contribution in [0, 0.1) is 0 Å². The van der Waals surface area contributed by atoms with Crippen molar-refractivity contribution in [3.8, 4) is 0 Å². The second-order valence-corrected chi connectivity index (χ2v) is 2.41. The van der Waals surface area contributed by atoms with Crippen LogP contribution in [-0.4, -0.2) is 6.10 Å². The first-order valence-corrected chi connectivity index (χ1v) is 3.65. The first-order chi connectivity index (χ1) is 3.13. The van der Waals surface area contributed by atoms with E-state index in [9.17, 15) is 7.35 Å². The van der Waals surface area contributed by atoms with Crippen LogP contribution in [-0.2, 0) is 26.4 Å².